The van der Waals surface area contributed by atoms with Crippen molar-refractivity contribution < 1.29 is 14.0 Å². The zero-order valence-electron chi connectivity index (χ0n) is 6.16. The first-order chi connectivity index (χ1) is 5.75. The summed E-state index contributed by atoms with van der Waals surface area (Å²) in [5.41, 5.74) is -0.135. The molecule has 1 aromatic heterocycles. The van der Waals surface area contributed by atoms with Crippen LogP contribution < -0.4 is 0 Å². The van der Waals surface area contributed by atoms with E-state index in [1.807, 2.05) is 0 Å². The van der Waals surface area contributed by atoms with Gasteiger partial charge in [0.1, 0.15) is 6.29 Å². The number of rotatable bonds is 3. The van der Waals surface area contributed by atoms with Crippen molar-refractivity contribution in [1.29, 1.82) is 0 Å². The lowest BCUT2D eigenvalue weighted by Crippen LogP contribution is -2.03. The molecule has 0 aliphatic heterocycles. The maximum atomic E-state index is 12.7. The van der Waals surface area contributed by atoms with Crippen molar-refractivity contribution >= 4 is 12.1 Å². The number of hydrogen-bond donors (Lipinski definition) is 0. The molecule has 62 valence electrons. The van der Waals surface area contributed by atoms with Gasteiger partial charge in [0.05, 0.1) is 12.0 Å². The summed E-state index contributed by atoms with van der Waals surface area (Å²) in [7, 11) is 0. The van der Waals surface area contributed by atoms with Gasteiger partial charge in [-0.15, -0.1) is 0 Å². The monoisotopic (exact) mass is 167 g/mol. The van der Waals surface area contributed by atoms with E-state index in [9.17, 15) is 14.0 Å². The smallest absolute Gasteiger partial charge is 0.223 e. The van der Waals surface area contributed by atoms with Gasteiger partial charge >= 0.3 is 0 Å². The molecule has 0 saturated heterocycles. The number of carbonyl (C=O) groups is 2. The van der Waals surface area contributed by atoms with Crippen molar-refractivity contribution in [2.24, 2.45) is 0 Å². The van der Waals surface area contributed by atoms with Crippen LogP contribution >= 0.6 is 0 Å². The molecule has 1 heterocycles. The maximum Gasteiger partial charge on any atom is 0.223 e. The number of Topliss-reactive ketones (excluding diaryl/α,β-unsaturated/α-hetero) is 1. The molecule has 0 N–H and O–H groups in total. The lowest BCUT2D eigenvalue weighted by atomic mass is 10.1. The normalized spacial score (nSPS) is 9.42. The van der Waals surface area contributed by atoms with Gasteiger partial charge in [-0.1, -0.05) is 0 Å². The van der Waals surface area contributed by atoms with E-state index in [1.54, 1.807) is 0 Å². The average molecular weight is 167 g/mol. The fourth-order valence-corrected chi connectivity index (χ4v) is 0.780. The summed E-state index contributed by atoms with van der Waals surface area (Å²) < 4.78 is 12.7. The predicted molar refractivity (Wildman–Crippen MR) is 39.2 cm³/mol. The molecule has 0 fully saturated rings. The zero-order chi connectivity index (χ0) is 8.97. The molecule has 0 aromatic carbocycles. The van der Waals surface area contributed by atoms with Crippen molar-refractivity contribution in [3.63, 3.8) is 0 Å². The Hall–Kier alpha value is -1.58. The van der Waals surface area contributed by atoms with Crippen molar-refractivity contribution in [3.05, 3.63) is 29.8 Å². The average Bonchev–Trinajstić information content (AvgIpc) is 2.05. The van der Waals surface area contributed by atoms with E-state index >= 15 is 0 Å². The van der Waals surface area contributed by atoms with Crippen molar-refractivity contribution in [2.75, 3.05) is 0 Å². The molecule has 4 heteroatoms. The third-order valence-electron chi connectivity index (χ3n) is 1.33. The highest BCUT2D eigenvalue weighted by Gasteiger charge is 2.10. The quantitative estimate of drug-likeness (QED) is 0.292. The van der Waals surface area contributed by atoms with E-state index in [0.717, 1.165) is 0 Å². The number of aldehydes is 1. The Morgan fingerprint density at radius 1 is 1.67 bits per heavy atom. The summed E-state index contributed by atoms with van der Waals surface area (Å²) in [5, 5.41) is 0. The van der Waals surface area contributed by atoms with Crippen LogP contribution in [0.4, 0.5) is 4.39 Å². The Balaban J connectivity index is 2.94. The molecular formula is C8H6FNO2. The molecule has 0 atom stereocenters. The van der Waals surface area contributed by atoms with Gasteiger partial charge in [0, 0.05) is 6.20 Å². The lowest BCUT2D eigenvalue weighted by Gasteiger charge is -1.95. The first-order valence-corrected chi connectivity index (χ1v) is 3.33. The van der Waals surface area contributed by atoms with Crippen LogP contribution in [0.5, 0.6) is 0 Å². The van der Waals surface area contributed by atoms with Crippen LogP contribution in [-0.2, 0) is 4.79 Å². The van der Waals surface area contributed by atoms with Gasteiger partial charge in [-0.2, -0.15) is 4.39 Å². The highest BCUT2D eigenvalue weighted by Crippen LogP contribution is 2.05. The molecule has 0 radical (unpaired) electrons. The second-order valence-electron chi connectivity index (χ2n) is 2.14. The Morgan fingerprint density at radius 2 is 2.42 bits per heavy atom. The third kappa shape index (κ3) is 1.72. The van der Waals surface area contributed by atoms with Gasteiger partial charge in [-0.05, 0) is 12.1 Å². The van der Waals surface area contributed by atoms with Gasteiger partial charge in [0.15, 0.2) is 5.78 Å². The zero-order valence-corrected chi connectivity index (χ0v) is 6.16. The molecule has 0 saturated carbocycles. The summed E-state index contributed by atoms with van der Waals surface area (Å²) in [6, 6.07) is 2.75. The fourth-order valence-electron chi connectivity index (χ4n) is 0.780. The molecule has 0 aliphatic carbocycles. The van der Waals surface area contributed by atoms with Gasteiger partial charge in [0.2, 0.25) is 5.95 Å². The summed E-state index contributed by atoms with van der Waals surface area (Å²) in [4.78, 5) is 24.2. The number of pyridine rings is 1. The molecule has 0 unspecified atom stereocenters. The molecule has 3 nitrogen and oxygen atoms in total. The minimum absolute atomic E-state index is 0.135. The highest BCUT2D eigenvalue weighted by atomic mass is 19.1. The van der Waals surface area contributed by atoms with Gasteiger partial charge in [-0.25, -0.2) is 4.98 Å². The Kier molecular flexibility index (Phi) is 2.63. The Labute approximate surface area is 68.2 Å². The summed E-state index contributed by atoms with van der Waals surface area (Å²) in [6.07, 6.45) is 1.38. The summed E-state index contributed by atoms with van der Waals surface area (Å²) >= 11 is 0. The van der Waals surface area contributed by atoms with E-state index in [4.69, 9.17) is 0 Å². The SMILES string of the molecule is O=CCC(=O)c1cccnc1F. The third-order valence-corrected chi connectivity index (χ3v) is 1.33. The molecule has 12 heavy (non-hydrogen) atoms. The van der Waals surface area contributed by atoms with Gasteiger partial charge in [-0.3, -0.25) is 4.79 Å². The van der Waals surface area contributed by atoms with Crippen molar-refractivity contribution in [2.45, 2.75) is 6.42 Å². The molecular weight excluding hydrogens is 161 g/mol. The number of nitrogens with zero attached hydrogens (tertiary/aromatic N) is 1. The molecule has 1 rings (SSSR count). The standard InChI is InChI=1S/C8H6FNO2/c9-8-6(2-1-4-10-8)7(12)3-5-11/h1-2,4-5H,3H2. The van der Waals surface area contributed by atoms with E-state index in [2.05, 4.69) is 4.98 Å². The number of aromatic nitrogens is 1. The van der Waals surface area contributed by atoms with Crippen molar-refractivity contribution in [1.82, 2.24) is 4.98 Å². The van der Waals surface area contributed by atoms with Crippen LogP contribution in [-0.4, -0.2) is 17.1 Å². The second-order valence-corrected chi connectivity index (χ2v) is 2.14. The molecule has 0 spiro atoms. The number of halogens is 1. The molecule has 0 amide bonds. The van der Waals surface area contributed by atoms with E-state index in [1.165, 1.54) is 18.3 Å². The largest absolute Gasteiger partial charge is 0.303 e. The highest BCUT2D eigenvalue weighted by molar-refractivity contribution is 6.02. The van der Waals surface area contributed by atoms with Crippen LogP contribution in [0, 0.1) is 5.95 Å². The first kappa shape index (κ1) is 8.52. The molecule has 1 aromatic rings. The number of hydrogen-bond acceptors (Lipinski definition) is 3. The lowest BCUT2D eigenvalue weighted by molar-refractivity contribution is -0.107. The topological polar surface area (TPSA) is 47.0 Å². The van der Waals surface area contributed by atoms with Crippen LogP contribution in [0.15, 0.2) is 18.3 Å². The first-order valence-electron chi connectivity index (χ1n) is 3.33. The predicted octanol–water partition coefficient (Wildman–Crippen LogP) is 0.992. The van der Waals surface area contributed by atoms with Crippen LogP contribution in [0.1, 0.15) is 16.8 Å². The maximum absolute atomic E-state index is 12.7. The van der Waals surface area contributed by atoms with Gasteiger partial charge < -0.3 is 4.79 Å². The fraction of sp³-hybridized carbons (Fsp3) is 0.125. The van der Waals surface area contributed by atoms with Crippen LogP contribution in [0.3, 0.4) is 0 Å². The number of carbonyl (C=O) groups excluding carboxylic acids is 2. The van der Waals surface area contributed by atoms with Crippen LogP contribution in [0.2, 0.25) is 0 Å². The summed E-state index contributed by atoms with van der Waals surface area (Å²) in [5.74, 6) is -1.38. The summed E-state index contributed by atoms with van der Waals surface area (Å²) in [6.45, 7) is 0. The van der Waals surface area contributed by atoms with Crippen molar-refractivity contribution in [3.8, 4) is 0 Å². The Bertz CT molecular complexity index is 312. The number of ketones is 1. The van der Waals surface area contributed by atoms with E-state index in [-0.39, 0.29) is 12.0 Å². The van der Waals surface area contributed by atoms with Gasteiger partial charge in [0.25, 0.3) is 0 Å². The second kappa shape index (κ2) is 3.71. The van der Waals surface area contributed by atoms with E-state index < -0.39 is 11.7 Å². The minimum Gasteiger partial charge on any atom is -0.303 e. The van der Waals surface area contributed by atoms with Crippen LogP contribution in [0.25, 0.3) is 0 Å². The Morgan fingerprint density at radius 3 is 3.00 bits per heavy atom. The van der Waals surface area contributed by atoms with E-state index in [0.29, 0.717) is 6.29 Å². The molecule has 0 bridgehead atoms. The molecule has 0 aliphatic rings. The minimum atomic E-state index is -0.829.